The first kappa shape index (κ1) is 21.0. The van der Waals surface area contributed by atoms with Crippen LogP contribution < -0.4 is 10.2 Å². The van der Waals surface area contributed by atoms with Gasteiger partial charge in [0.15, 0.2) is 0 Å². The molecule has 1 N–H and O–H groups in total. The van der Waals surface area contributed by atoms with Crippen molar-refractivity contribution in [2.24, 2.45) is 0 Å². The minimum atomic E-state index is -0.0915. The normalized spacial score (nSPS) is 14.4. The predicted molar refractivity (Wildman–Crippen MR) is 119 cm³/mol. The predicted octanol–water partition coefficient (Wildman–Crippen LogP) is 5.44. The number of carbonyl (C=O) groups is 1. The molecule has 1 heterocycles. The van der Waals surface area contributed by atoms with Crippen molar-refractivity contribution in [3.8, 4) is 0 Å². The average Bonchev–Trinajstić information content (AvgIpc) is 2.70. The number of hydrogen-bond acceptors (Lipinski definition) is 3. The third-order valence-electron chi connectivity index (χ3n) is 5.08. The second-order valence-electron chi connectivity index (χ2n) is 7.31. The van der Waals surface area contributed by atoms with Crippen molar-refractivity contribution in [3.05, 3.63) is 58.1 Å². The summed E-state index contributed by atoms with van der Waals surface area (Å²) in [7, 11) is 2.04. The monoisotopic (exact) mass is 419 g/mol. The van der Waals surface area contributed by atoms with Crippen LogP contribution in [0.5, 0.6) is 0 Å². The summed E-state index contributed by atoms with van der Waals surface area (Å²) in [5.41, 5.74) is 3.11. The summed E-state index contributed by atoms with van der Waals surface area (Å²) in [6, 6.07) is 13.8. The minimum Gasteiger partial charge on any atom is -0.371 e. The van der Waals surface area contributed by atoms with Crippen LogP contribution in [0.2, 0.25) is 10.0 Å². The van der Waals surface area contributed by atoms with E-state index in [2.05, 4.69) is 39.4 Å². The van der Waals surface area contributed by atoms with Crippen LogP contribution in [0.25, 0.3) is 0 Å². The van der Waals surface area contributed by atoms with Gasteiger partial charge >= 0.3 is 0 Å². The Morgan fingerprint density at radius 2 is 1.71 bits per heavy atom. The van der Waals surface area contributed by atoms with Crippen LogP contribution in [-0.2, 0) is 11.3 Å². The SMILES string of the molecule is CN(CCC(=O)Nc1c(Cl)cccc1Cl)Cc1ccccc1N1CCCCC1. The molecule has 1 fully saturated rings. The van der Waals surface area contributed by atoms with Gasteiger partial charge in [0, 0.05) is 38.3 Å². The van der Waals surface area contributed by atoms with Gasteiger partial charge in [0.1, 0.15) is 0 Å². The maximum absolute atomic E-state index is 12.3. The van der Waals surface area contributed by atoms with Gasteiger partial charge < -0.3 is 15.1 Å². The van der Waals surface area contributed by atoms with Gasteiger partial charge in [-0.3, -0.25) is 4.79 Å². The van der Waals surface area contributed by atoms with Crippen LogP contribution >= 0.6 is 23.2 Å². The lowest BCUT2D eigenvalue weighted by atomic mass is 10.1. The maximum atomic E-state index is 12.3. The number of piperidine rings is 1. The van der Waals surface area contributed by atoms with Crippen molar-refractivity contribution >= 4 is 40.5 Å². The summed E-state index contributed by atoms with van der Waals surface area (Å²) in [6.45, 7) is 3.72. The fourth-order valence-electron chi connectivity index (χ4n) is 3.57. The molecule has 0 radical (unpaired) electrons. The molecule has 1 saturated heterocycles. The van der Waals surface area contributed by atoms with Gasteiger partial charge in [-0.25, -0.2) is 0 Å². The van der Waals surface area contributed by atoms with E-state index in [-0.39, 0.29) is 5.91 Å². The Morgan fingerprint density at radius 1 is 1.04 bits per heavy atom. The molecule has 0 unspecified atom stereocenters. The number of rotatable bonds is 7. The summed E-state index contributed by atoms with van der Waals surface area (Å²) in [5.74, 6) is -0.0915. The van der Waals surface area contributed by atoms with Crippen molar-refractivity contribution in [1.82, 2.24) is 4.90 Å². The average molecular weight is 420 g/mol. The zero-order valence-corrected chi connectivity index (χ0v) is 17.8. The fraction of sp³-hybridized carbons (Fsp3) is 0.409. The van der Waals surface area contributed by atoms with Crippen LogP contribution in [0, 0.1) is 0 Å². The van der Waals surface area contributed by atoms with E-state index in [4.69, 9.17) is 23.2 Å². The van der Waals surface area contributed by atoms with E-state index in [0.717, 1.165) is 19.6 Å². The highest BCUT2D eigenvalue weighted by atomic mass is 35.5. The molecule has 0 aromatic heterocycles. The largest absolute Gasteiger partial charge is 0.371 e. The highest BCUT2D eigenvalue weighted by Crippen LogP contribution is 2.30. The second kappa shape index (κ2) is 10.1. The van der Waals surface area contributed by atoms with Gasteiger partial charge in [0.05, 0.1) is 15.7 Å². The van der Waals surface area contributed by atoms with E-state index in [1.54, 1.807) is 18.2 Å². The number of benzene rings is 2. The molecule has 0 aliphatic carbocycles. The van der Waals surface area contributed by atoms with Crippen LogP contribution in [0.3, 0.4) is 0 Å². The Bertz CT molecular complexity index is 786. The lowest BCUT2D eigenvalue weighted by molar-refractivity contribution is -0.116. The molecular formula is C22H27Cl2N3O. The Hall–Kier alpha value is -1.75. The quantitative estimate of drug-likeness (QED) is 0.648. The zero-order valence-electron chi connectivity index (χ0n) is 16.3. The summed E-state index contributed by atoms with van der Waals surface area (Å²) < 4.78 is 0. The Morgan fingerprint density at radius 3 is 2.43 bits per heavy atom. The Labute approximate surface area is 177 Å². The van der Waals surface area contributed by atoms with Crippen molar-refractivity contribution < 1.29 is 4.79 Å². The van der Waals surface area contributed by atoms with Gasteiger partial charge in [-0.05, 0) is 50.1 Å². The van der Waals surface area contributed by atoms with E-state index in [1.165, 1.54) is 30.5 Å². The van der Waals surface area contributed by atoms with E-state index in [1.807, 2.05) is 7.05 Å². The van der Waals surface area contributed by atoms with Gasteiger partial charge in [-0.15, -0.1) is 0 Å². The number of amides is 1. The lowest BCUT2D eigenvalue weighted by Crippen LogP contribution is -2.31. The van der Waals surface area contributed by atoms with Crippen LogP contribution in [0.1, 0.15) is 31.2 Å². The number of nitrogens with zero attached hydrogens (tertiary/aromatic N) is 2. The third-order valence-corrected chi connectivity index (χ3v) is 5.71. The summed E-state index contributed by atoms with van der Waals surface area (Å²) in [6.07, 6.45) is 4.22. The maximum Gasteiger partial charge on any atom is 0.225 e. The molecule has 28 heavy (non-hydrogen) atoms. The van der Waals surface area contributed by atoms with Gasteiger partial charge in [-0.2, -0.15) is 0 Å². The first-order chi connectivity index (χ1) is 13.5. The van der Waals surface area contributed by atoms with Crippen molar-refractivity contribution in [2.75, 3.05) is 36.9 Å². The van der Waals surface area contributed by atoms with Crippen LogP contribution in [-0.4, -0.2) is 37.5 Å². The molecular weight excluding hydrogens is 393 g/mol. The minimum absolute atomic E-state index is 0.0915. The number of para-hydroxylation sites is 2. The van der Waals surface area contributed by atoms with E-state index in [9.17, 15) is 4.79 Å². The van der Waals surface area contributed by atoms with Crippen molar-refractivity contribution in [1.29, 1.82) is 0 Å². The van der Waals surface area contributed by atoms with Crippen molar-refractivity contribution in [3.63, 3.8) is 0 Å². The van der Waals surface area contributed by atoms with Gasteiger partial charge in [0.2, 0.25) is 5.91 Å². The van der Waals surface area contributed by atoms with Gasteiger partial charge in [-0.1, -0.05) is 47.5 Å². The number of anilines is 2. The van der Waals surface area contributed by atoms with E-state index >= 15 is 0 Å². The highest BCUT2D eigenvalue weighted by Gasteiger charge is 2.16. The zero-order chi connectivity index (χ0) is 19.9. The lowest BCUT2D eigenvalue weighted by Gasteiger charge is -2.31. The molecule has 0 spiro atoms. The van der Waals surface area contributed by atoms with Crippen LogP contribution in [0.4, 0.5) is 11.4 Å². The summed E-state index contributed by atoms with van der Waals surface area (Å²) >= 11 is 12.2. The Balaban J connectivity index is 1.54. The Kier molecular flexibility index (Phi) is 7.60. The highest BCUT2D eigenvalue weighted by molar-refractivity contribution is 6.39. The molecule has 1 aliphatic rings. The number of nitrogens with one attached hydrogen (secondary N) is 1. The van der Waals surface area contributed by atoms with E-state index in [0.29, 0.717) is 28.7 Å². The topological polar surface area (TPSA) is 35.6 Å². The molecule has 2 aromatic rings. The molecule has 1 aliphatic heterocycles. The van der Waals surface area contributed by atoms with Gasteiger partial charge in [0.25, 0.3) is 0 Å². The summed E-state index contributed by atoms with van der Waals surface area (Å²) in [5, 5.41) is 3.72. The molecule has 0 atom stereocenters. The second-order valence-corrected chi connectivity index (χ2v) is 8.12. The first-order valence-electron chi connectivity index (χ1n) is 9.80. The standard InChI is InChI=1S/C22H27Cl2N3O/c1-26(15-12-21(28)25-22-18(23)9-7-10-19(22)24)16-17-8-3-4-11-20(17)27-13-5-2-6-14-27/h3-4,7-11H,2,5-6,12-16H2,1H3,(H,25,28). The number of halogens is 2. The molecule has 1 amide bonds. The summed E-state index contributed by atoms with van der Waals surface area (Å²) in [4.78, 5) is 17.0. The molecule has 150 valence electrons. The number of hydrogen-bond donors (Lipinski definition) is 1. The third kappa shape index (κ3) is 5.63. The first-order valence-corrected chi connectivity index (χ1v) is 10.6. The molecule has 6 heteroatoms. The fourth-order valence-corrected chi connectivity index (χ4v) is 4.06. The molecule has 0 saturated carbocycles. The molecule has 2 aromatic carbocycles. The van der Waals surface area contributed by atoms with Crippen LogP contribution in [0.15, 0.2) is 42.5 Å². The molecule has 4 nitrogen and oxygen atoms in total. The van der Waals surface area contributed by atoms with E-state index < -0.39 is 0 Å². The molecule has 0 bridgehead atoms. The van der Waals surface area contributed by atoms with Crippen molar-refractivity contribution in [2.45, 2.75) is 32.2 Å². The number of carbonyl (C=O) groups excluding carboxylic acids is 1. The molecule has 3 rings (SSSR count). The smallest absolute Gasteiger partial charge is 0.225 e.